The number of hydrogen-bond acceptors (Lipinski definition) is 3. The molecule has 0 radical (unpaired) electrons. The molecule has 0 saturated heterocycles. The van der Waals surface area contributed by atoms with Crippen LogP contribution >= 0.6 is 0 Å². The molecule has 0 heterocycles. The van der Waals surface area contributed by atoms with E-state index >= 15 is 0 Å². The van der Waals surface area contributed by atoms with Gasteiger partial charge in [-0.15, -0.1) is 0 Å². The molecule has 0 aliphatic rings. The zero-order valence-corrected chi connectivity index (χ0v) is 18.1. The van der Waals surface area contributed by atoms with Crippen molar-refractivity contribution in [1.82, 2.24) is 0 Å². The van der Waals surface area contributed by atoms with Gasteiger partial charge in [-0.2, -0.15) is 0 Å². The van der Waals surface area contributed by atoms with Crippen molar-refractivity contribution < 1.29 is 37.0 Å². The molecule has 0 spiro atoms. The van der Waals surface area contributed by atoms with Crippen molar-refractivity contribution in [2.75, 3.05) is 0 Å². The molecule has 140 valence electrons. The fourth-order valence-electron chi connectivity index (χ4n) is 0.994. The first-order chi connectivity index (χ1) is 10.1. The topological polar surface area (TPSA) is 60.7 Å². The summed E-state index contributed by atoms with van der Waals surface area (Å²) in [7, 11) is 0. The molecule has 4 heteroatoms. The Hall–Kier alpha value is 0.154. The van der Waals surface area contributed by atoms with E-state index in [1.54, 1.807) is 41.5 Å². The third kappa shape index (κ3) is 176. The summed E-state index contributed by atoms with van der Waals surface area (Å²) < 4.78 is 0. The van der Waals surface area contributed by atoms with Gasteiger partial charge in [0.05, 0.1) is 0 Å². The van der Waals surface area contributed by atoms with Crippen molar-refractivity contribution in [2.24, 2.45) is 0 Å². The smallest absolute Gasteiger partial charge is 0.0483 e. The second-order valence-electron chi connectivity index (χ2n) is 5.98. The molecule has 3 N–H and O–H groups in total. The molecule has 3 nitrogen and oxygen atoms in total. The fourth-order valence-corrected chi connectivity index (χ4v) is 0.994. The van der Waals surface area contributed by atoms with Gasteiger partial charge in [-0.3, -0.25) is 0 Å². The Morgan fingerprint density at radius 3 is 1.22 bits per heavy atom. The molecular weight excluding hydrogens is 324 g/mol. The largest absolute Gasteiger partial charge is 0.694 e. The van der Waals surface area contributed by atoms with Crippen LogP contribution in [0.2, 0.25) is 0 Å². The monoisotopic (exact) mass is 365 g/mol. The second-order valence-corrected chi connectivity index (χ2v) is 5.98. The van der Waals surface area contributed by atoms with E-state index < -0.39 is 0 Å². The normalized spacial score (nSPS) is 8.70. The predicted octanol–water partition coefficient (Wildman–Crippen LogP) is 4.49. The van der Waals surface area contributed by atoms with Gasteiger partial charge >= 0.3 is 0 Å². The summed E-state index contributed by atoms with van der Waals surface area (Å²) in [4.78, 5) is 0. The van der Waals surface area contributed by atoms with Crippen LogP contribution in [0.15, 0.2) is 0 Å². The second kappa shape index (κ2) is 33.7. The molecule has 0 unspecified atom stereocenters. The zero-order chi connectivity index (χ0) is 18.4. The van der Waals surface area contributed by atoms with Crippen LogP contribution in [0.25, 0.3) is 0 Å². The third-order valence-electron chi connectivity index (χ3n) is 1.66. The Labute approximate surface area is 161 Å². The van der Waals surface area contributed by atoms with Crippen LogP contribution in [-0.4, -0.2) is 33.6 Å². The summed E-state index contributed by atoms with van der Waals surface area (Å²) in [5, 5.41) is 24.2. The van der Waals surface area contributed by atoms with Crippen LogP contribution in [0, 0.1) is 12.3 Å². The van der Waals surface area contributed by atoms with Crippen molar-refractivity contribution in [2.45, 2.75) is 112 Å². The van der Waals surface area contributed by atoms with E-state index in [1.807, 2.05) is 0 Å². The van der Waals surface area contributed by atoms with E-state index in [9.17, 15) is 0 Å². The molecule has 0 aliphatic carbocycles. The molecule has 0 amide bonds. The Bertz CT molecular complexity index is 177. The Balaban J connectivity index is -0.0000000700. The maximum atomic E-state index is 8.06. The average molecular weight is 365 g/mol. The van der Waals surface area contributed by atoms with Gasteiger partial charge in [0.25, 0.3) is 0 Å². The average Bonchev–Trinajstić information content (AvgIpc) is 2.31. The van der Waals surface area contributed by atoms with E-state index in [2.05, 4.69) is 12.8 Å². The van der Waals surface area contributed by atoms with Crippen LogP contribution in [0.4, 0.5) is 0 Å². The summed E-state index contributed by atoms with van der Waals surface area (Å²) in [5.74, 6) is 2.41. The first-order valence-electron chi connectivity index (χ1n) is 8.55. The summed E-state index contributed by atoms with van der Waals surface area (Å²) in [6, 6.07) is 0. The zero-order valence-electron chi connectivity index (χ0n) is 16.5. The maximum absolute atomic E-state index is 8.06. The maximum Gasteiger partial charge on any atom is 0.0483 e. The molecule has 0 aliphatic heterocycles. The van der Waals surface area contributed by atoms with Gasteiger partial charge in [-0.05, 0) is 54.4 Å². The van der Waals surface area contributed by atoms with E-state index in [4.69, 9.17) is 21.7 Å². The van der Waals surface area contributed by atoms with E-state index in [1.165, 1.54) is 32.1 Å². The third-order valence-corrected chi connectivity index (χ3v) is 1.66. The number of hydrogen-bond donors (Lipinski definition) is 3. The molecule has 0 aromatic heterocycles. The standard InChI is InChI=1S/C10H17.3C3H8O.Ti/c1-3-5-7-9-10-8-6-4-2;3*1-3(2)4;/h3,5-10H2,1H3;3*3-4H,1-2H3;/q-1;;;;. The quantitative estimate of drug-likeness (QED) is 0.281. The molecule has 0 fully saturated rings. The minimum Gasteiger partial charge on any atom is -0.694 e. The van der Waals surface area contributed by atoms with Gasteiger partial charge < -0.3 is 27.7 Å². The summed E-state index contributed by atoms with van der Waals surface area (Å²) in [6.07, 6.45) is 14.9. The Morgan fingerprint density at radius 1 is 0.696 bits per heavy atom. The SMILES string of the molecule is CC(C)O.CC(C)O.CC(C)O.[C-]#CCCCCCCCC.[Ti]. The van der Waals surface area contributed by atoms with Gasteiger partial charge in [0.2, 0.25) is 0 Å². The summed E-state index contributed by atoms with van der Waals surface area (Å²) >= 11 is 0. The van der Waals surface area contributed by atoms with Crippen LogP contribution in [0.3, 0.4) is 0 Å². The first kappa shape index (κ1) is 34.5. The molecular formula is C19H41O3Ti-. The first-order valence-corrected chi connectivity index (χ1v) is 8.55. The fraction of sp³-hybridized carbons (Fsp3) is 0.895. The minimum atomic E-state index is -0.167. The summed E-state index contributed by atoms with van der Waals surface area (Å²) in [5.41, 5.74) is 0. The molecule has 0 saturated carbocycles. The number of unbranched alkanes of at least 4 members (excludes halogenated alkanes) is 6. The van der Waals surface area contributed by atoms with Crippen LogP contribution < -0.4 is 0 Å². The van der Waals surface area contributed by atoms with Crippen molar-refractivity contribution in [3.8, 4) is 5.92 Å². The predicted molar refractivity (Wildman–Crippen MR) is 97.2 cm³/mol. The molecule has 0 atom stereocenters. The van der Waals surface area contributed by atoms with Gasteiger partial charge in [0, 0.05) is 40.0 Å². The van der Waals surface area contributed by atoms with Gasteiger partial charge in [0.15, 0.2) is 0 Å². The van der Waals surface area contributed by atoms with Crippen molar-refractivity contribution in [3.05, 3.63) is 6.42 Å². The Kier molecular flexibility index (Phi) is 50.5. The van der Waals surface area contributed by atoms with Crippen molar-refractivity contribution >= 4 is 0 Å². The number of aliphatic hydroxyl groups excluding tert-OH is 3. The van der Waals surface area contributed by atoms with Gasteiger partial charge in [-0.25, -0.2) is 0 Å². The molecule has 23 heavy (non-hydrogen) atoms. The molecule has 0 bridgehead atoms. The van der Waals surface area contributed by atoms with E-state index in [-0.39, 0.29) is 40.0 Å². The molecule has 0 aromatic rings. The van der Waals surface area contributed by atoms with Crippen molar-refractivity contribution in [3.63, 3.8) is 0 Å². The van der Waals surface area contributed by atoms with Crippen LogP contribution in [-0.2, 0) is 21.7 Å². The Morgan fingerprint density at radius 2 is 0.957 bits per heavy atom. The van der Waals surface area contributed by atoms with Gasteiger partial charge in [-0.1, -0.05) is 39.0 Å². The molecule has 0 rings (SSSR count). The van der Waals surface area contributed by atoms with E-state index in [0.29, 0.717) is 0 Å². The number of aliphatic hydroxyl groups is 3. The van der Waals surface area contributed by atoms with Crippen LogP contribution in [0.5, 0.6) is 0 Å². The number of rotatable bonds is 6. The van der Waals surface area contributed by atoms with Gasteiger partial charge in [0.1, 0.15) is 0 Å². The minimum absolute atomic E-state index is 0. The van der Waals surface area contributed by atoms with Crippen molar-refractivity contribution in [1.29, 1.82) is 0 Å². The van der Waals surface area contributed by atoms with Crippen LogP contribution in [0.1, 0.15) is 93.4 Å². The van der Waals surface area contributed by atoms with E-state index in [0.717, 1.165) is 12.8 Å². The molecule has 0 aromatic carbocycles. The summed E-state index contributed by atoms with van der Waals surface area (Å²) in [6.45, 7) is 12.6.